The summed E-state index contributed by atoms with van der Waals surface area (Å²) in [7, 11) is 0. The Balaban J connectivity index is 1.32. The second kappa shape index (κ2) is 9.63. The first-order valence-corrected chi connectivity index (χ1v) is 11.3. The number of aryl methyl sites for hydroxylation is 2. The van der Waals surface area contributed by atoms with Gasteiger partial charge in [-0.15, -0.1) is 0 Å². The maximum absolute atomic E-state index is 12.7. The van der Waals surface area contributed by atoms with Crippen molar-refractivity contribution >= 4 is 17.3 Å². The van der Waals surface area contributed by atoms with Crippen molar-refractivity contribution < 1.29 is 14.8 Å². The predicted octanol–water partition coefficient (Wildman–Crippen LogP) is 3.05. The molecule has 1 aliphatic carbocycles. The van der Waals surface area contributed by atoms with Gasteiger partial charge >= 0.3 is 0 Å². The van der Waals surface area contributed by atoms with Gasteiger partial charge in [-0.2, -0.15) is 0 Å². The Hall–Kier alpha value is -2.37. The Morgan fingerprint density at radius 3 is 2.43 bits per heavy atom. The highest BCUT2D eigenvalue weighted by atomic mass is 16.5. The van der Waals surface area contributed by atoms with Crippen molar-refractivity contribution in [2.75, 3.05) is 36.5 Å². The molecule has 1 saturated heterocycles. The summed E-state index contributed by atoms with van der Waals surface area (Å²) in [6.45, 7) is 7.54. The molecule has 0 spiro atoms. The second-order valence-corrected chi connectivity index (χ2v) is 8.64. The lowest BCUT2D eigenvalue weighted by Gasteiger charge is -2.29. The van der Waals surface area contributed by atoms with Crippen molar-refractivity contribution in [3.8, 4) is 0 Å². The van der Waals surface area contributed by atoms with E-state index in [9.17, 15) is 4.79 Å². The molecule has 1 fully saturated rings. The standard InChI is InChI=1S/C25H33N3O2/c1-18(21-8-7-20-5-3-4-6-22(20)17-21)26-19(2)25(29)27-23-9-11-24(12-10-23)28-13-15-30-16-14-28/h7-12,17-19,26H,3-6,13-16H2,1-2H3,(H,27,29)/p+1/t18-,19-/m1/s1. The lowest BCUT2D eigenvalue weighted by Crippen LogP contribution is -2.91. The molecule has 0 saturated carbocycles. The normalized spacial score (nSPS) is 18.4. The van der Waals surface area contributed by atoms with Crippen molar-refractivity contribution in [2.45, 2.75) is 51.6 Å². The molecule has 1 heterocycles. The lowest BCUT2D eigenvalue weighted by molar-refractivity contribution is -0.709. The minimum atomic E-state index is -0.157. The van der Waals surface area contributed by atoms with Gasteiger partial charge in [-0.3, -0.25) is 4.79 Å². The smallest absolute Gasteiger partial charge is 0.282 e. The minimum Gasteiger partial charge on any atom is -0.378 e. The number of morpholine rings is 1. The van der Waals surface area contributed by atoms with Crippen molar-refractivity contribution in [1.29, 1.82) is 0 Å². The fourth-order valence-corrected chi connectivity index (χ4v) is 4.50. The van der Waals surface area contributed by atoms with Gasteiger partial charge < -0.3 is 20.3 Å². The largest absolute Gasteiger partial charge is 0.378 e. The summed E-state index contributed by atoms with van der Waals surface area (Å²) in [5.41, 5.74) is 6.33. The number of carbonyl (C=O) groups excluding carboxylic acids is 1. The van der Waals surface area contributed by atoms with Crippen LogP contribution in [0.4, 0.5) is 11.4 Å². The molecule has 2 aliphatic rings. The zero-order valence-electron chi connectivity index (χ0n) is 18.2. The molecule has 2 atom stereocenters. The number of amides is 1. The monoisotopic (exact) mass is 408 g/mol. The number of carbonyl (C=O) groups is 1. The van der Waals surface area contributed by atoms with E-state index >= 15 is 0 Å². The maximum atomic E-state index is 12.7. The Kier molecular flexibility index (Phi) is 6.70. The molecule has 2 aromatic carbocycles. The molecular weight excluding hydrogens is 374 g/mol. The van der Waals surface area contributed by atoms with Crippen LogP contribution < -0.4 is 15.5 Å². The van der Waals surface area contributed by atoms with Crippen LogP contribution in [0.3, 0.4) is 0 Å². The molecule has 30 heavy (non-hydrogen) atoms. The molecule has 5 nitrogen and oxygen atoms in total. The number of ether oxygens (including phenoxy) is 1. The number of quaternary nitrogens is 1. The topological polar surface area (TPSA) is 58.2 Å². The Bertz CT molecular complexity index is 859. The van der Waals surface area contributed by atoms with E-state index in [0.717, 1.165) is 32.0 Å². The van der Waals surface area contributed by atoms with Crippen molar-refractivity contribution in [2.24, 2.45) is 0 Å². The van der Waals surface area contributed by atoms with Crippen LogP contribution in [0.1, 0.15) is 49.4 Å². The van der Waals surface area contributed by atoms with Gasteiger partial charge in [-0.1, -0.05) is 12.1 Å². The number of nitrogens with two attached hydrogens (primary N) is 1. The Morgan fingerprint density at radius 1 is 1.00 bits per heavy atom. The fourth-order valence-electron chi connectivity index (χ4n) is 4.50. The molecule has 5 heteroatoms. The summed E-state index contributed by atoms with van der Waals surface area (Å²) in [6.07, 6.45) is 4.99. The van der Waals surface area contributed by atoms with Gasteiger partial charge in [0.05, 0.1) is 13.2 Å². The molecule has 0 aromatic heterocycles. The molecule has 1 amide bonds. The predicted molar refractivity (Wildman–Crippen MR) is 121 cm³/mol. The van der Waals surface area contributed by atoms with E-state index in [0.29, 0.717) is 0 Å². The first-order valence-electron chi connectivity index (χ1n) is 11.3. The summed E-state index contributed by atoms with van der Waals surface area (Å²) in [5.74, 6) is 0.0407. The third-order valence-electron chi connectivity index (χ3n) is 6.40. The van der Waals surface area contributed by atoms with Gasteiger partial charge in [0.15, 0.2) is 6.04 Å². The van der Waals surface area contributed by atoms with E-state index in [1.165, 1.54) is 48.1 Å². The SMILES string of the molecule is C[C@@H]([NH2+][C@H](C)c1ccc2c(c1)CCCC2)C(=O)Nc1ccc(N2CCOCC2)cc1. The first-order chi connectivity index (χ1) is 14.6. The van der Waals surface area contributed by atoms with Gasteiger partial charge in [0, 0.05) is 30.0 Å². The lowest BCUT2D eigenvalue weighted by atomic mass is 9.89. The van der Waals surface area contributed by atoms with Crippen LogP contribution in [0.15, 0.2) is 42.5 Å². The summed E-state index contributed by atoms with van der Waals surface area (Å²) in [6, 6.07) is 15.1. The quantitative estimate of drug-likeness (QED) is 0.772. The average molecular weight is 409 g/mol. The Labute approximate surface area is 179 Å². The molecule has 0 radical (unpaired) electrons. The van der Waals surface area contributed by atoms with Gasteiger partial charge in [0.25, 0.3) is 5.91 Å². The van der Waals surface area contributed by atoms with Crippen LogP contribution in [0.5, 0.6) is 0 Å². The number of nitrogens with one attached hydrogen (secondary N) is 1. The van der Waals surface area contributed by atoms with E-state index in [4.69, 9.17) is 4.74 Å². The fraction of sp³-hybridized carbons (Fsp3) is 0.480. The van der Waals surface area contributed by atoms with E-state index in [1.807, 2.05) is 19.1 Å². The second-order valence-electron chi connectivity index (χ2n) is 8.64. The molecule has 0 bridgehead atoms. The number of nitrogens with zero attached hydrogens (tertiary/aromatic N) is 1. The van der Waals surface area contributed by atoms with Crippen molar-refractivity contribution in [3.05, 3.63) is 59.2 Å². The molecule has 160 valence electrons. The van der Waals surface area contributed by atoms with Gasteiger partial charge in [-0.05, 0) is 81.0 Å². The minimum absolute atomic E-state index is 0.0407. The Morgan fingerprint density at radius 2 is 1.70 bits per heavy atom. The number of anilines is 2. The summed E-state index contributed by atoms with van der Waals surface area (Å²) >= 11 is 0. The molecule has 2 aromatic rings. The number of benzene rings is 2. The van der Waals surface area contributed by atoms with Crippen LogP contribution in [-0.4, -0.2) is 38.3 Å². The highest BCUT2D eigenvalue weighted by molar-refractivity contribution is 5.93. The van der Waals surface area contributed by atoms with Gasteiger partial charge in [0.2, 0.25) is 0 Å². The summed E-state index contributed by atoms with van der Waals surface area (Å²) < 4.78 is 5.41. The molecule has 3 N–H and O–H groups in total. The van der Waals surface area contributed by atoms with Crippen molar-refractivity contribution in [1.82, 2.24) is 0 Å². The first kappa shape index (κ1) is 20.9. The van der Waals surface area contributed by atoms with Gasteiger partial charge in [-0.25, -0.2) is 0 Å². The van der Waals surface area contributed by atoms with Crippen LogP contribution in [0.25, 0.3) is 0 Å². The van der Waals surface area contributed by atoms with Gasteiger partial charge in [0.1, 0.15) is 6.04 Å². The highest BCUT2D eigenvalue weighted by Gasteiger charge is 2.21. The van der Waals surface area contributed by atoms with E-state index < -0.39 is 0 Å². The van der Waals surface area contributed by atoms with E-state index in [1.54, 1.807) is 0 Å². The zero-order valence-corrected chi connectivity index (χ0v) is 18.2. The molecule has 0 unspecified atom stereocenters. The van der Waals surface area contributed by atoms with Crippen LogP contribution >= 0.6 is 0 Å². The number of fused-ring (bicyclic) bond motifs is 1. The third-order valence-corrected chi connectivity index (χ3v) is 6.40. The molecular formula is C25H34N3O2+. The number of rotatable bonds is 6. The average Bonchev–Trinajstić information content (AvgIpc) is 2.79. The summed E-state index contributed by atoms with van der Waals surface area (Å²) in [4.78, 5) is 15.0. The third kappa shape index (κ3) is 5.02. The zero-order chi connectivity index (χ0) is 20.9. The van der Waals surface area contributed by atoms with Crippen LogP contribution in [0.2, 0.25) is 0 Å². The number of hydrogen-bond acceptors (Lipinski definition) is 3. The van der Waals surface area contributed by atoms with E-state index in [-0.39, 0.29) is 18.0 Å². The molecule has 4 rings (SSSR count). The number of hydrogen-bond donors (Lipinski definition) is 2. The van der Waals surface area contributed by atoms with Crippen LogP contribution in [-0.2, 0) is 22.4 Å². The highest BCUT2D eigenvalue weighted by Crippen LogP contribution is 2.24. The van der Waals surface area contributed by atoms with E-state index in [2.05, 4.69) is 52.8 Å². The van der Waals surface area contributed by atoms with Crippen molar-refractivity contribution in [3.63, 3.8) is 0 Å². The maximum Gasteiger partial charge on any atom is 0.282 e. The molecule has 1 aliphatic heterocycles. The summed E-state index contributed by atoms with van der Waals surface area (Å²) in [5, 5.41) is 5.22. The van der Waals surface area contributed by atoms with Crippen LogP contribution in [0, 0.1) is 0 Å².